The fourth-order valence-electron chi connectivity index (χ4n) is 2.90. The van der Waals surface area contributed by atoms with Gasteiger partial charge in [0.25, 0.3) is 0 Å². The van der Waals surface area contributed by atoms with Gasteiger partial charge in [-0.2, -0.15) is 5.10 Å². The Kier molecular flexibility index (Phi) is 6.05. The Morgan fingerprint density at radius 1 is 1.45 bits per heavy atom. The predicted octanol–water partition coefficient (Wildman–Crippen LogP) is 2.82. The second-order valence-corrected chi connectivity index (χ2v) is 6.14. The third-order valence-electron chi connectivity index (χ3n) is 4.60. The normalized spacial score (nSPS) is 18.0. The van der Waals surface area contributed by atoms with E-state index in [2.05, 4.69) is 53.2 Å². The summed E-state index contributed by atoms with van der Waals surface area (Å²) in [6.45, 7) is 7.46. The van der Waals surface area contributed by atoms with E-state index in [0.717, 1.165) is 37.8 Å². The first kappa shape index (κ1) is 15.5. The van der Waals surface area contributed by atoms with Gasteiger partial charge in [0.15, 0.2) is 0 Å². The van der Waals surface area contributed by atoms with Crippen molar-refractivity contribution in [3.05, 3.63) is 18.0 Å². The van der Waals surface area contributed by atoms with E-state index in [1.807, 2.05) is 0 Å². The van der Waals surface area contributed by atoms with Crippen LogP contribution < -0.4 is 5.32 Å². The monoisotopic (exact) mass is 278 g/mol. The Morgan fingerprint density at radius 2 is 2.20 bits per heavy atom. The maximum Gasteiger partial charge on any atom is 0.0762 e. The molecule has 1 N–H and O–H groups in total. The molecule has 0 bridgehead atoms. The highest BCUT2D eigenvalue weighted by molar-refractivity contribution is 4.99. The zero-order chi connectivity index (χ0) is 14.4. The molecule has 0 saturated heterocycles. The van der Waals surface area contributed by atoms with Crippen molar-refractivity contribution in [3.63, 3.8) is 0 Å². The van der Waals surface area contributed by atoms with Crippen LogP contribution in [0, 0.1) is 0 Å². The number of aromatic nitrogens is 2. The van der Waals surface area contributed by atoms with Gasteiger partial charge in [-0.1, -0.05) is 19.8 Å². The Hall–Kier alpha value is -0.870. The standard InChI is InChI=1S/C16H30N4/c1-4-14(2)20-11-9-15(18-20)13-17-10-12-19(3)16-7-5-6-8-16/h9,11,14,16-17H,4-8,10,12-13H2,1-3H3. The SMILES string of the molecule is CCC(C)n1ccc(CNCCN(C)C2CCCC2)n1. The zero-order valence-corrected chi connectivity index (χ0v) is 13.3. The van der Waals surface area contributed by atoms with Gasteiger partial charge < -0.3 is 10.2 Å². The molecule has 4 nitrogen and oxygen atoms in total. The molecular weight excluding hydrogens is 248 g/mol. The van der Waals surface area contributed by atoms with E-state index in [0.29, 0.717) is 6.04 Å². The average Bonchev–Trinajstić information content (AvgIpc) is 3.13. The van der Waals surface area contributed by atoms with E-state index in [9.17, 15) is 0 Å². The Balaban J connectivity index is 1.64. The largest absolute Gasteiger partial charge is 0.310 e. The van der Waals surface area contributed by atoms with Crippen LogP contribution in [0.4, 0.5) is 0 Å². The molecule has 114 valence electrons. The smallest absolute Gasteiger partial charge is 0.0762 e. The van der Waals surface area contributed by atoms with Gasteiger partial charge in [-0.05, 0) is 39.3 Å². The van der Waals surface area contributed by atoms with Crippen molar-refractivity contribution in [3.8, 4) is 0 Å². The van der Waals surface area contributed by atoms with E-state index in [1.54, 1.807) is 0 Å². The van der Waals surface area contributed by atoms with Crippen LogP contribution in [0.3, 0.4) is 0 Å². The highest BCUT2D eigenvalue weighted by atomic mass is 15.3. The molecule has 2 rings (SSSR count). The van der Waals surface area contributed by atoms with Gasteiger partial charge in [0.05, 0.1) is 5.69 Å². The van der Waals surface area contributed by atoms with Crippen LogP contribution in [0.1, 0.15) is 57.7 Å². The van der Waals surface area contributed by atoms with Crippen molar-refractivity contribution in [1.29, 1.82) is 0 Å². The first-order chi connectivity index (χ1) is 9.70. The lowest BCUT2D eigenvalue weighted by Gasteiger charge is -2.23. The molecule has 0 amide bonds. The molecule has 20 heavy (non-hydrogen) atoms. The lowest BCUT2D eigenvalue weighted by molar-refractivity contribution is 0.245. The van der Waals surface area contributed by atoms with Crippen LogP contribution in [0.2, 0.25) is 0 Å². The summed E-state index contributed by atoms with van der Waals surface area (Å²) in [5.74, 6) is 0. The Morgan fingerprint density at radius 3 is 2.90 bits per heavy atom. The van der Waals surface area contributed by atoms with Crippen LogP contribution in [0.15, 0.2) is 12.3 Å². The summed E-state index contributed by atoms with van der Waals surface area (Å²) in [5, 5.41) is 8.12. The lowest BCUT2D eigenvalue weighted by Crippen LogP contribution is -2.35. The van der Waals surface area contributed by atoms with E-state index >= 15 is 0 Å². The molecule has 1 aromatic rings. The minimum atomic E-state index is 0.497. The van der Waals surface area contributed by atoms with Crippen LogP contribution in [0.25, 0.3) is 0 Å². The molecule has 1 fully saturated rings. The average molecular weight is 278 g/mol. The van der Waals surface area contributed by atoms with Crippen LogP contribution >= 0.6 is 0 Å². The molecule has 1 unspecified atom stereocenters. The molecule has 1 aromatic heterocycles. The van der Waals surface area contributed by atoms with Gasteiger partial charge >= 0.3 is 0 Å². The molecule has 0 aromatic carbocycles. The molecular formula is C16H30N4. The highest BCUT2D eigenvalue weighted by Crippen LogP contribution is 2.21. The van der Waals surface area contributed by atoms with Crippen LogP contribution in [-0.2, 0) is 6.54 Å². The predicted molar refractivity (Wildman–Crippen MR) is 83.8 cm³/mol. The minimum Gasteiger partial charge on any atom is -0.310 e. The van der Waals surface area contributed by atoms with Crippen molar-refractivity contribution >= 4 is 0 Å². The first-order valence-corrected chi connectivity index (χ1v) is 8.15. The Bertz CT molecular complexity index is 382. The number of rotatable bonds is 8. The van der Waals surface area contributed by atoms with Crippen LogP contribution in [-0.4, -0.2) is 40.9 Å². The van der Waals surface area contributed by atoms with Gasteiger partial charge in [-0.15, -0.1) is 0 Å². The van der Waals surface area contributed by atoms with Gasteiger partial charge in [0.2, 0.25) is 0 Å². The number of likely N-dealkylation sites (N-methyl/N-ethyl adjacent to an activating group) is 1. The third-order valence-corrected chi connectivity index (χ3v) is 4.60. The second-order valence-electron chi connectivity index (χ2n) is 6.14. The van der Waals surface area contributed by atoms with Crippen molar-refractivity contribution < 1.29 is 0 Å². The summed E-state index contributed by atoms with van der Waals surface area (Å²) in [7, 11) is 2.26. The second kappa shape index (κ2) is 7.79. The third kappa shape index (κ3) is 4.32. The topological polar surface area (TPSA) is 33.1 Å². The molecule has 1 aliphatic carbocycles. The number of hydrogen-bond donors (Lipinski definition) is 1. The van der Waals surface area contributed by atoms with Gasteiger partial charge in [0, 0.05) is 37.9 Å². The molecule has 1 aliphatic rings. The van der Waals surface area contributed by atoms with Crippen molar-refractivity contribution in [2.75, 3.05) is 20.1 Å². The fraction of sp³-hybridized carbons (Fsp3) is 0.812. The maximum atomic E-state index is 4.62. The maximum absolute atomic E-state index is 4.62. The van der Waals surface area contributed by atoms with Crippen molar-refractivity contribution in [2.24, 2.45) is 0 Å². The zero-order valence-electron chi connectivity index (χ0n) is 13.3. The van der Waals surface area contributed by atoms with Gasteiger partial charge in [-0.3, -0.25) is 4.68 Å². The molecule has 1 heterocycles. The molecule has 1 saturated carbocycles. The quantitative estimate of drug-likeness (QED) is 0.742. The summed E-state index contributed by atoms with van der Waals surface area (Å²) in [6.07, 6.45) is 8.81. The number of hydrogen-bond acceptors (Lipinski definition) is 3. The Labute approximate surface area is 123 Å². The number of nitrogens with zero attached hydrogens (tertiary/aromatic N) is 3. The molecule has 4 heteroatoms. The first-order valence-electron chi connectivity index (χ1n) is 8.15. The van der Waals surface area contributed by atoms with E-state index in [4.69, 9.17) is 0 Å². The van der Waals surface area contributed by atoms with E-state index in [1.165, 1.54) is 25.7 Å². The summed E-state index contributed by atoms with van der Waals surface area (Å²) in [4.78, 5) is 2.51. The molecule has 0 radical (unpaired) electrons. The van der Waals surface area contributed by atoms with Gasteiger partial charge in [0.1, 0.15) is 0 Å². The summed E-state index contributed by atoms with van der Waals surface area (Å²) >= 11 is 0. The van der Waals surface area contributed by atoms with Crippen molar-refractivity contribution in [2.45, 2.75) is 64.6 Å². The van der Waals surface area contributed by atoms with Crippen LogP contribution in [0.5, 0.6) is 0 Å². The molecule has 0 aliphatic heterocycles. The van der Waals surface area contributed by atoms with E-state index in [-0.39, 0.29) is 0 Å². The van der Waals surface area contributed by atoms with Crippen molar-refractivity contribution in [1.82, 2.24) is 20.0 Å². The molecule has 0 spiro atoms. The lowest BCUT2D eigenvalue weighted by atomic mass is 10.2. The highest BCUT2D eigenvalue weighted by Gasteiger charge is 2.18. The fourth-order valence-corrected chi connectivity index (χ4v) is 2.90. The summed E-state index contributed by atoms with van der Waals surface area (Å²) in [6, 6.07) is 3.44. The van der Waals surface area contributed by atoms with E-state index < -0.39 is 0 Å². The van der Waals surface area contributed by atoms with Gasteiger partial charge in [-0.25, -0.2) is 0 Å². The summed E-state index contributed by atoms with van der Waals surface area (Å²) < 4.78 is 2.07. The number of nitrogens with one attached hydrogen (secondary N) is 1. The molecule has 1 atom stereocenters. The minimum absolute atomic E-state index is 0.497. The summed E-state index contributed by atoms with van der Waals surface area (Å²) in [5.41, 5.74) is 1.15.